The van der Waals surface area contributed by atoms with Crippen LogP contribution in [0.25, 0.3) is 6.08 Å². The Morgan fingerprint density at radius 2 is 1.45 bits per heavy atom. The first-order chi connectivity index (χ1) is 15.5. The number of aryl methyl sites for hydroxylation is 1. The maximum atomic E-state index is 10.9. The Morgan fingerprint density at radius 1 is 0.909 bits per heavy atom. The molecule has 1 aromatic carbocycles. The van der Waals surface area contributed by atoms with Gasteiger partial charge in [-0.15, -0.1) is 0 Å². The number of hydrogen-bond donors (Lipinski definition) is 3. The summed E-state index contributed by atoms with van der Waals surface area (Å²) in [5.74, 6) is 2.74. The molecule has 1 rings (SSSR count). The molecule has 0 aliphatic carbocycles. The van der Waals surface area contributed by atoms with Crippen molar-refractivity contribution in [3.8, 4) is 11.5 Å². The summed E-state index contributed by atoms with van der Waals surface area (Å²) in [6, 6.07) is 1.61. The Labute approximate surface area is 204 Å². The van der Waals surface area contributed by atoms with Gasteiger partial charge >= 0.3 is 0 Å². The van der Waals surface area contributed by atoms with Crippen molar-refractivity contribution in [1.82, 2.24) is 0 Å². The lowest BCUT2D eigenvalue weighted by molar-refractivity contribution is 0.0979. The molecule has 1 aromatic rings. The monoisotopic (exact) mass is 460 g/mol. The van der Waals surface area contributed by atoms with Crippen LogP contribution in [0.1, 0.15) is 122 Å². The average molecular weight is 461 g/mol. The average Bonchev–Trinajstić information content (AvgIpc) is 2.71. The van der Waals surface area contributed by atoms with E-state index in [1.165, 1.54) is 38.5 Å². The fraction of sp³-hybridized carbons (Fsp3) is 0.733. The first-order valence-corrected chi connectivity index (χ1v) is 13.4. The van der Waals surface area contributed by atoms with Crippen LogP contribution in [0.15, 0.2) is 12.1 Å². The van der Waals surface area contributed by atoms with Crippen LogP contribution in [0, 0.1) is 24.7 Å². The highest BCUT2D eigenvalue weighted by Gasteiger charge is 2.19. The van der Waals surface area contributed by atoms with E-state index in [0.717, 1.165) is 36.7 Å². The fourth-order valence-electron chi connectivity index (χ4n) is 4.68. The van der Waals surface area contributed by atoms with E-state index >= 15 is 0 Å². The molecular weight excluding hydrogens is 408 g/mol. The topological polar surface area (TPSA) is 60.7 Å². The Bertz CT molecular complexity index is 718. The van der Waals surface area contributed by atoms with Crippen molar-refractivity contribution < 1.29 is 15.3 Å². The SMILES string of the molecule is CCCc1c(O)cc(C)c(O)c1C=C[C@](C)(O)CCC[C@H](C)CCC[C@H](C)CCCC(C)C. The third-order valence-corrected chi connectivity index (χ3v) is 6.98. The van der Waals surface area contributed by atoms with Gasteiger partial charge in [0.15, 0.2) is 0 Å². The van der Waals surface area contributed by atoms with Gasteiger partial charge in [-0.05, 0) is 56.1 Å². The van der Waals surface area contributed by atoms with Gasteiger partial charge in [-0.25, -0.2) is 0 Å². The molecule has 3 nitrogen and oxygen atoms in total. The zero-order chi connectivity index (χ0) is 25.0. The molecule has 3 atom stereocenters. The van der Waals surface area contributed by atoms with E-state index in [0.29, 0.717) is 29.9 Å². The summed E-state index contributed by atoms with van der Waals surface area (Å²) in [6.07, 6.45) is 15.9. The molecule has 3 heteroatoms. The minimum atomic E-state index is -0.931. The molecule has 0 radical (unpaired) electrons. The molecule has 3 N–H and O–H groups in total. The number of aliphatic hydroxyl groups is 1. The van der Waals surface area contributed by atoms with Crippen LogP contribution in [0.3, 0.4) is 0 Å². The minimum absolute atomic E-state index is 0.190. The smallest absolute Gasteiger partial charge is 0.126 e. The van der Waals surface area contributed by atoms with Crippen molar-refractivity contribution in [3.63, 3.8) is 0 Å². The van der Waals surface area contributed by atoms with Crippen molar-refractivity contribution in [3.05, 3.63) is 28.8 Å². The van der Waals surface area contributed by atoms with Gasteiger partial charge in [0, 0.05) is 11.1 Å². The van der Waals surface area contributed by atoms with Crippen molar-refractivity contribution >= 4 is 6.08 Å². The van der Waals surface area contributed by atoms with Gasteiger partial charge in [-0.3, -0.25) is 0 Å². The van der Waals surface area contributed by atoms with Crippen molar-refractivity contribution in [2.75, 3.05) is 0 Å². The molecule has 0 aromatic heterocycles. The fourth-order valence-corrected chi connectivity index (χ4v) is 4.68. The third-order valence-electron chi connectivity index (χ3n) is 6.98. The first-order valence-electron chi connectivity index (χ1n) is 13.4. The van der Waals surface area contributed by atoms with Crippen molar-refractivity contribution in [2.45, 2.75) is 125 Å². The Kier molecular flexibility index (Phi) is 13.2. The molecule has 0 spiro atoms. The molecule has 0 saturated carbocycles. The summed E-state index contributed by atoms with van der Waals surface area (Å²) in [5.41, 5.74) is 1.10. The molecule has 0 aliphatic heterocycles. The molecule has 0 unspecified atom stereocenters. The predicted octanol–water partition coefficient (Wildman–Crippen LogP) is 8.56. The summed E-state index contributed by atoms with van der Waals surface area (Å²) in [5, 5.41) is 31.7. The van der Waals surface area contributed by atoms with Gasteiger partial charge in [0.2, 0.25) is 0 Å². The number of rotatable bonds is 16. The van der Waals surface area contributed by atoms with Crippen LogP contribution < -0.4 is 0 Å². The summed E-state index contributed by atoms with van der Waals surface area (Å²) in [4.78, 5) is 0. The van der Waals surface area contributed by atoms with Crippen molar-refractivity contribution in [1.29, 1.82) is 0 Å². The highest BCUT2D eigenvalue weighted by molar-refractivity contribution is 5.67. The van der Waals surface area contributed by atoms with Gasteiger partial charge in [-0.1, -0.05) is 105 Å². The summed E-state index contributed by atoms with van der Waals surface area (Å²) < 4.78 is 0. The summed E-state index contributed by atoms with van der Waals surface area (Å²) in [7, 11) is 0. The van der Waals surface area contributed by atoms with E-state index in [-0.39, 0.29) is 11.5 Å². The molecular formula is C30H52O3. The van der Waals surface area contributed by atoms with Gasteiger partial charge in [-0.2, -0.15) is 0 Å². The number of aromatic hydroxyl groups is 2. The largest absolute Gasteiger partial charge is 0.508 e. The van der Waals surface area contributed by atoms with E-state index in [1.54, 1.807) is 25.1 Å². The Hall–Kier alpha value is -1.48. The number of phenols is 2. The van der Waals surface area contributed by atoms with E-state index in [9.17, 15) is 15.3 Å². The van der Waals surface area contributed by atoms with Gasteiger partial charge in [0.05, 0.1) is 5.60 Å². The second kappa shape index (κ2) is 14.7. The molecule has 0 aliphatic rings. The lowest BCUT2D eigenvalue weighted by atomic mass is 9.89. The van der Waals surface area contributed by atoms with Gasteiger partial charge < -0.3 is 15.3 Å². The van der Waals surface area contributed by atoms with Crippen LogP contribution in [-0.4, -0.2) is 20.9 Å². The molecule has 0 fully saturated rings. The van der Waals surface area contributed by atoms with Crippen LogP contribution in [-0.2, 0) is 6.42 Å². The highest BCUT2D eigenvalue weighted by Crippen LogP contribution is 2.35. The summed E-state index contributed by atoms with van der Waals surface area (Å²) in [6.45, 7) is 15.0. The summed E-state index contributed by atoms with van der Waals surface area (Å²) >= 11 is 0. The van der Waals surface area contributed by atoms with Crippen LogP contribution >= 0.6 is 0 Å². The molecule has 0 saturated heterocycles. The zero-order valence-corrected chi connectivity index (χ0v) is 22.6. The van der Waals surface area contributed by atoms with Crippen LogP contribution in [0.4, 0.5) is 0 Å². The molecule has 33 heavy (non-hydrogen) atoms. The third kappa shape index (κ3) is 11.5. The molecule has 0 amide bonds. The maximum absolute atomic E-state index is 10.9. The van der Waals surface area contributed by atoms with Gasteiger partial charge in [0.25, 0.3) is 0 Å². The molecule has 190 valence electrons. The minimum Gasteiger partial charge on any atom is -0.508 e. The second-order valence-electron chi connectivity index (χ2n) is 11.3. The molecule has 0 heterocycles. The van der Waals surface area contributed by atoms with E-state index in [1.807, 2.05) is 6.92 Å². The normalized spacial score (nSPS) is 15.8. The zero-order valence-electron chi connectivity index (χ0n) is 22.6. The maximum Gasteiger partial charge on any atom is 0.126 e. The number of phenolic OH excluding ortho intramolecular Hbond substituents is 2. The second-order valence-corrected chi connectivity index (χ2v) is 11.3. The van der Waals surface area contributed by atoms with E-state index < -0.39 is 5.60 Å². The van der Waals surface area contributed by atoms with Gasteiger partial charge in [0.1, 0.15) is 11.5 Å². The predicted molar refractivity (Wildman–Crippen MR) is 143 cm³/mol. The number of benzene rings is 1. The lowest BCUT2D eigenvalue weighted by Crippen LogP contribution is -2.20. The Morgan fingerprint density at radius 3 is 2.00 bits per heavy atom. The van der Waals surface area contributed by atoms with E-state index in [4.69, 9.17) is 0 Å². The first kappa shape index (κ1) is 29.6. The Balaban J connectivity index is 2.49. The standard InChI is InChI=1S/C30H52O3/c1-8-12-26-27(29(32)25(6)21-28(26)31)18-20-30(7,33)19-11-17-24(5)16-10-15-23(4)14-9-13-22(2)3/h18,20-24,31-33H,8-17,19H2,1-7H3/t23-,24-,30-/m1/s1. The lowest BCUT2D eigenvalue weighted by Gasteiger charge is -2.21. The van der Waals surface area contributed by atoms with Crippen LogP contribution in [0.5, 0.6) is 11.5 Å². The van der Waals surface area contributed by atoms with Crippen molar-refractivity contribution in [2.24, 2.45) is 17.8 Å². The quantitative estimate of drug-likeness (QED) is 0.216. The van der Waals surface area contributed by atoms with Crippen LogP contribution in [0.2, 0.25) is 0 Å². The number of hydrogen-bond acceptors (Lipinski definition) is 3. The molecule has 0 bridgehead atoms. The van der Waals surface area contributed by atoms with E-state index in [2.05, 4.69) is 34.6 Å². The highest BCUT2D eigenvalue weighted by atomic mass is 16.3.